The number of ether oxygens (including phenoxy) is 1. The lowest BCUT2D eigenvalue weighted by Gasteiger charge is -2.30. The molecule has 2 aromatic rings. The number of benzene rings is 2. The van der Waals surface area contributed by atoms with Crippen LogP contribution in [0.2, 0.25) is 5.02 Å². The molecule has 0 saturated carbocycles. The normalized spacial score (nSPS) is 19.3. The van der Waals surface area contributed by atoms with Gasteiger partial charge in [0, 0.05) is 37.1 Å². The molecule has 0 bridgehead atoms. The van der Waals surface area contributed by atoms with Gasteiger partial charge in [-0.25, -0.2) is 8.78 Å². The highest BCUT2D eigenvalue weighted by atomic mass is 35.5. The Kier molecular flexibility index (Phi) is 5.87. The summed E-state index contributed by atoms with van der Waals surface area (Å²) in [6, 6.07) is 8.26. The fraction of sp³-hybridized carbons (Fsp3) is 0.333. The van der Waals surface area contributed by atoms with Crippen LogP contribution in [0.4, 0.5) is 25.8 Å². The van der Waals surface area contributed by atoms with Crippen LogP contribution in [0.15, 0.2) is 36.4 Å². The summed E-state index contributed by atoms with van der Waals surface area (Å²) in [7, 11) is 0. The lowest BCUT2D eigenvalue weighted by molar-refractivity contribution is -0.122. The molecule has 9 heteroatoms. The molecule has 158 valence electrons. The Morgan fingerprint density at radius 1 is 1.10 bits per heavy atom. The van der Waals surface area contributed by atoms with E-state index in [0.29, 0.717) is 37.0 Å². The molecule has 2 aliphatic heterocycles. The lowest BCUT2D eigenvalue weighted by Crippen LogP contribution is -2.37. The zero-order chi connectivity index (χ0) is 21.3. The zero-order valence-electron chi connectivity index (χ0n) is 16.0. The Morgan fingerprint density at radius 3 is 2.57 bits per heavy atom. The largest absolute Gasteiger partial charge is 0.378 e. The van der Waals surface area contributed by atoms with Gasteiger partial charge in [-0.2, -0.15) is 0 Å². The third-order valence-corrected chi connectivity index (χ3v) is 5.50. The van der Waals surface area contributed by atoms with Crippen LogP contribution >= 0.6 is 11.6 Å². The van der Waals surface area contributed by atoms with Crippen molar-refractivity contribution >= 4 is 40.5 Å². The number of morpholine rings is 1. The topological polar surface area (TPSA) is 61.9 Å². The van der Waals surface area contributed by atoms with Gasteiger partial charge in [0.1, 0.15) is 11.6 Å². The minimum Gasteiger partial charge on any atom is -0.378 e. The van der Waals surface area contributed by atoms with Gasteiger partial charge < -0.3 is 19.9 Å². The molecule has 1 N–H and O–H groups in total. The standard InChI is InChI=1S/C21H20ClF2N3O3/c22-14-1-3-19(26-5-7-30-8-6-26)17(10-14)25-21(29)13-9-20(28)27(12-13)18-4-2-15(23)11-16(18)24/h1-4,10-11,13H,5-9,12H2,(H,25,29). The molecule has 6 nitrogen and oxygen atoms in total. The number of anilines is 3. The number of nitrogens with one attached hydrogen (secondary N) is 1. The Hall–Kier alpha value is -2.71. The zero-order valence-corrected chi connectivity index (χ0v) is 16.8. The third kappa shape index (κ3) is 4.24. The maximum atomic E-state index is 14.1. The molecule has 4 rings (SSSR count). The summed E-state index contributed by atoms with van der Waals surface area (Å²) < 4.78 is 32.6. The minimum absolute atomic E-state index is 0.0146. The van der Waals surface area contributed by atoms with Crippen LogP contribution in [0.25, 0.3) is 0 Å². The van der Waals surface area contributed by atoms with Crippen molar-refractivity contribution in [1.82, 2.24) is 0 Å². The van der Waals surface area contributed by atoms with Crippen molar-refractivity contribution in [1.29, 1.82) is 0 Å². The summed E-state index contributed by atoms with van der Waals surface area (Å²) >= 11 is 6.13. The van der Waals surface area contributed by atoms with Crippen molar-refractivity contribution in [2.75, 3.05) is 48.0 Å². The number of hydrogen-bond acceptors (Lipinski definition) is 4. The molecule has 2 saturated heterocycles. The number of carbonyl (C=O) groups is 2. The number of carbonyl (C=O) groups excluding carboxylic acids is 2. The van der Waals surface area contributed by atoms with Crippen molar-refractivity contribution in [3.8, 4) is 0 Å². The van der Waals surface area contributed by atoms with E-state index in [1.807, 2.05) is 6.07 Å². The highest BCUT2D eigenvalue weighted by Gasteiger charge is 2.36. The first-order valence-corrected chi connectivity index (χ1v) is 9.98. The first-order valence-electron chi connectivity index (χ1n) is 9.61. The quantitative estimate of drug-likeness (QED) is 0.799. The highest BCUT2D eigenvalue weighted by Crippen LogP contribution is 2.32. The molecule has 0 spiro atoms. The van der Waals surface area contributed by atoms with Crippen LogP contribution in [0.3, 0.4) is 0 Å². The second kappa shape index (κ2) is 8.57. The van der Waals surface area contributed by atoms with Gasteiger partial charge in [-0.15, -0.1) is 0 Å². The van der Waals surface area contributed by atoms with E-state index >= 15 is 0 Å². The molecule has 2 aliphatic rings. The van der Waals surface area contributed by atoms with Crippen molar-refractivity contribution in [3.63, 3.8) is 0 Å². The highest BCUT2D eigenvalue weighted by molar-refractivity contribution is 6.31. The molecule has 0 radical (unpaired) electrons. The van der Waals surface area contributed by atoms with E-state index in [1.165, 1.54) is 11.0 Å². The van der Waals surface area contributed by atoms with E-state index in [0.717, 1.165) is 17.8 Å². The molecule has 2 fully saturated rings. The molecule has 2 amide bonds. The van der Waals surface area contributed by atoms with Crippen LogP contribution in [0.5, 0.6) is 0 Å². The van der Waals surface area contributed by atoms with Gasteiger partial charge in [-0.05, 0) is 30.3 Å². The third-order valence-electron chi connectivity index (χ3n) is 5.26. The van der Waals surface area contributed by atoms with Gasteiger partial charge in [0.15, 0.2) is 0 Å². The monoisotopic (exact) mass is 435 g/mol. The summed E-state index contributed by atoms with van der Waals surface area (Å²) in [5, 5.41) is 3.34. The summed E-state index contributed by atoms with van der Waals surface area (Å²) in [6.07, 6.45) is -0.0594. The molecule has 1 atom stereocenters. The van der Waals surface area contributed by atoms with Crippen LogP contribution in [0, 0.1) is 17.6 Å². The Morgan fingerprint density at radius 2 is 1.83 bits per heavy atom. The Balaban J connectivity index is 1.51. The average molecular weight is 436 g/mol. The van der Waals surface area contributed by atoms with Crippen molar-refractivity contribution in [2.24, 2.45) is 5.92 Å². The predicted molar refractivity (Wildman–Crippen MR) is 110 cm³/mol. The average Bonchev–Trinajstić information content (AvgIpc) is 3.10. The fourth-order valence-electron chi connectivity index (χ4n) is 3.74. The molecule has 0 aliphatic carbocycles. The number of halogens is 3. The summed E-state index contributed by atoms with van der Waals surface area (Å²) in [5.41, 5.74) is 1.34. The van der Waals surface area contributed by atoms with E-state index in [9.17, 15) is 18.4 Å². The van der Waals surface area contributed by atoms with Crippen LogP contribution in [-0.2, 0) is 14.3 Å². The minimum atomic E-state index is -0.839. The maximum Gasteiger partial charge on any atom is 0.229 e. The van der Waals surface area contributed by atoms with Crippen LogP contribution in [0.1, 0.15) is 6.42 Å². The van der Waals surface area contributed by atoms with Crippen LogP contribution in [-0.4, -0.2) is 44.7 Å². The van der Waals surface area contributed by atoms with E-state index in [4.69, 9.17) is 16.3 Å². The summed E-state index contributed by atoms with van der Waals surface area (Å²) in [5.74, 6) is -2.98. The Labute approximate surface area is 177 Å². The maximum absolute atomic E-state index is 14.1. The van der Waals surface area contributed by atoms with E-state index in [2.05, 4.69) is 10.2 Å². The molecule has 1 unspecified atom stereocenters. The first-order chi connectivity index (χ1) is 14.4. The summed E-state index contributed by atoms with van der Waals surface area (Å²) in [6.45, 7) is 2.56. The fourth-order valence-corrected chi connectivity index (χ4v) is 3.91. The number of hydrogen-bond donors (Lipinski definition) is 1. The molecule has 2 aromatic carbocycles. The van der Waals surface area contributed by atoms with Gasteiger partial charge >= 0.3 is 0 Å². The van der Waals surface area contributed by atoms with Gasteiger partial charge in [0.05, 0.1) is 36.2 Å². The van der Waals surface area contributed by atoms with Crippen LogP contribution < -0.4 is 15.1 Å². The predicted octanol–water partition coefficient (Wildman–Crippen LogP) is 3.45. The van der Waals surface area contributed by atoms with Gasteiger partial charge in [0.2, 0.25) is 11.8 Å². The second-order valence-corrected chi connectivity index (χ2v) is 7.69. The summed E-state index contributed by atoms with van der Waals surface area (Å²) in [4.78, 5) is 28.6. The molecule has 2 heterocycles. The molecular weight excluding hydrogens is 416 g/mol. The first kappa shape index (κ1) is 20.6. The van der Waals surface area contributed by atoms with E-state index in [1.54, 1.807) is 12.1 Å². The van der Waals surface area contributed by atoms with E-state index in [-0.39, 0.29) is 30.5 Å². The molecular formula is C21H20ClF2N3O3. The molecule has 0 aromatic heterocycles. The van der Waals surface area contributed by atoms with Crippen molar-refractivity contribution in [2.45, 2.75) is 6.42 Å². The van der Waals surface area contributed by atoms with Gasteiger partial charge in [0.25, 0.3) is 0 Å². The SMILES string of the molecule is O=C(Nc1cc(Cl)ccc1N1CCOCC1)C1CC(=O)N(c2ccc(F)cc2F)C1. The second-order valence-electron chi connectivity index (χ2n) is 7.25. The van der Waals surface area contributed by atoms with Crippen molar-refractivity contribution in [3.05, 3.63) is 53.1 Å². The number of rotatable bonds is 4. The lowest BCUT2D eigenvalue weighted by atomic mass is 10.1. The Bertz CT molecular complexity index is 982. The van der Waals surface area contributed by atoms with Gasteiger partial charge in [-0.3, -0.25) is 9.59 Å². The van der Waals surface area contributed by atoms with Crippen molar-refractivity contribution < 1.29 is 23.1 Å². The molecule has 30 heavy (non-hydrogen) atoms. The smallest absolute Gasteiger partial charge is 0.229 e. The number of amides is 2. The van der Waals surface area contributed by atoms with Gasteiger partial charge in [-0.1, -0.05) is 11.6 Å². The van der Waals surface area contributed by atoms with E-state index < -0.39 is 17.6 Å². The number of nitrogens with zero attached hydrogens (tertiary/aromatic N) is 2.